The number of furan rings is 1. The molecular formula is C29H23Cl2N3O3S. The maximum Gasteiger partial charge on any atom is 0.293 e. The van der Waals surface area contributed by atoms with Gasteiger partial charge in [0.05, 0.1) is 10.0 Å². The van der Waals surface area contributed by atoms with Gasteiger partial charge in [0.1, 0.15) is 11.3 Å². The van der Waals surface area contributed by atoms with Crippen LogP contribution in [-0.2, 0) is 0 Å². The largest absolute Gasteiger partial charge is 0.451 e. The first-order valence-corrected chi connectivity index (χ1v) is 13.2. The summed E-state index contributed by atoms with van der Waals surface area (Å²) in [6, 6.07) is 21.9. The van der Waals surface area contributed by atoms with Crippen molar-refractivity contribution in [3.05, 3.63) is 94.2 Å². The predicted molar refractivity (Wildman–Crippen MR) is 156 cm³/mol. The highest BCUT2D eigenvalue weighted by Gasteiger charge is 2.16. The number of benzene rings is 3. The van der Waals surface area contributed by atoms with Crippen molar-refractivity contribution in [2.45, 2.75) is 26.2 Å². The normalized spacial score (nSPS) is 11.9. The van der Waals surface area contributed by atoms with Crippen molar-refractivity contribution >= 4 is 63.2 Å². The monoisotopic (exact) mass is 563 g/mol. The Hall–Kier alpha value is -3.65. The van der Waals surface area contributed by atoms with Gasteiger partial charge in [-0.1, -0.05) is 49.2 Å². The molecule has 5 rings (SSSR count). The average Bonchev–Trinajstić information content (AvgIpc) is 3.57. The molecule has 1 atom stereocenters. The standard InChI is InChI=1S/C29H23Cl2N3O3S/c1-3-16(2)18-9-12-24-22(15-18)33-28(37-24)17-7-10-19(11-8-17)32-29(38)34-27(35)25-14-13-23(36-25)20-5-4-6-21(30)26(20)31/h4-16H,3H2,1-2H3,(H2,32,34,35,38). The van der Waals surface area contributed by atoms with Crippen molar-refractivity contribution in [1.82, 2.24) is 10.3 Å². The first-order valence-electron chi connectivity index (χ1n) is 12.0. The van der Waals surface area contributed by atoms with Gasteiger partial charge >= 0.3 is 0 Å². The van der Waals surface area contributed by atoms with Crippen LogP contribution in [0.3, 0.4) is 0 Å². The minimum atomic E-state index is -0.494. The summed E-state index contributed by atoms with van der Waals surface area (Å²) in [5.41, 5.74) is 4.94. The van der Waals surface area contributed by atoms with E-state index < -0.39 is 5.91 Å². The van der Waals surface area contributed by atoms with E-state index in [0.717, 1.165) is 23.1 Å². The van der Waals surface area contributed by atoms with E-state index >= 15 is 0 Å². The summed E-state index contributed by atoms with van der Waals surface area (Å²) in [6.07, 6.45) is 1.06. The second-order valence-corrected chi connectivity index (χ2v) is 10.00. The Labute approximate surface area is 235 Å². The second kappa shape index (κ2) is 11.0. The number of carbonyl (C=O) groups is 1. The number of hydrogen-bond donors (Lipinski definition) is 2. The maximum absolute atomic E-state index is 12.6. The molecular weight excluding hydrogens is 541 g/mol. The van der Waals surface area contributed by atoms with Gasteiger partial charge in [-0.15, -0.1) is 0 Å². The number of amides is 1. The molecule has 0 aliphatic rings. The lowest BCUT2D eigenvalue weighted by atomic mass is 9.98. The number of nitrogens with one attached hydrogen (secondary N) is 2. The number of carbonyl (C=O) groups excluding carboxylic acids is 1. The van der Waals surface area contributed by atoms with E-state index in [0.29, 0.717) is 38.9 Å². The molecule has 0 saturated heterocycles. The van der Waals surface area contributed by atoms with Crippen LogP contribution in [0, 0.1) is 0 Å². The van der Waals surface area contributed by atoms with Crippen molar-refractivity contribution in [2.75, 3.05) is 5.32 Å². The zero-order valence-corrected chi connectivity index (χ0v) is 22.9. The topological polar surface area (TPSA) is 80.3 Å². The third-order valence-corrected chi connectivity index (χ3v) is 7.28. The smallest absolute Gasteiger partial charge is 0.293 e. The number of rotatable bonds is 6. The van der Waals surface area contributed by atoms with Crippen LogP contribution >= 0.6 is 35.4 Å². The SMILES string of the molecule is CCC(C)c1ccc2oc(-c3ccc(NC(=S)NC(=O)c4ccc(-c5cccc(Cl)c5Cl)o4)cc3)nc2c1. The van der Waals surface area contributed by atoms with Crippen LogP contribution < -0.4 is 10.6 Å². The van der Waals surface area contributed by atoms with Crippen LogP contribution in [0.15, 0.2) is 81.6 Å². The molecule has 3 aromatic carbocycles. The second-order valence-electron chi connectivity index (χ2n) is 8.81. The summed E-state index contributed by atoms with van der Waals surface area (Å²) in [5.74, 6) is 1.02. The van der Waals surface area contributed by atoms with Crippen LogP contribution in [0.25, 0.3) is 33.9 Å². The van der Waals surface area contributed by atoms with Crippen molar-refractivity contribution in [3.63, 3.8) is 0 Å². The molecule has 0 spiro atoms. The highest BCUT2D eigenvalue weighted by molar-refractivity contribution is 7.80. The van der Waals surface area contributed by atoms with Crippen LogP contribution in [-0.4, -0.2) is 16.0 Å². The fraction of sp³-hybridized carbons (Fsp3) is 0.138. The van der Waals surface area contributed by atoms with E-state index in [-0.39, 0.29) is 10.9 Å². The van der Waals surface area contributed by atoms with Gasteiger partial charge in [-0.2, -0.15) is 0 Å². The van der Waals surface area contributed by atoms with Crippen molar-refractivity contribution < 1.29 is 13.6 Å². The Morgan fingerprint density at radius 3 is 2.58 bits per heavy atom. The molecule has 9 heteroatoms. The zero-order chi connectivity index (χ0) is 26.8. The Morgan fingerprint density at radius 2 is 1.82 bits per heavy atom. The molecule has 0 radical (unpaired) electrons. The number of oxazole rings is 1. The number of thiocarbonyl (C=S) groups is 1. The highest BCUT2D eigenvalue weighted by atomic mass is 35.5. The van der Waals surface area contributed by atoms with Crippen molar-refractivity contribution in [1.29, 1.82) is 0 Å². The van der Waals surface area contributed by atoms with E-state index in [1.54, 1.807) is 30.3 Å². The fourth-order valence-electron chi connectivity index (χ4n) is 3.93. The van der Waals surface area contributed by atoms with Crippen LogP contribution in [0.2, 0.25) is 10.0 Å². The average molecular weight is 564 g/mol. The zero-order valence-electron chi connectivity index (χ0n) is 20.5. The van der Waals surface area contributed by atoms with E-state index in [4.69, 9.17) is 44.3 Å². The van der Waals surface area contributed by atoms with Gasteiger partial charge in [0, 0.05) is 16.8 Å². The summed E-state index contributed by atoms with van der Waals surface area (Å²) >= 11 is 17.6. The summed E-state index contributed by atoms with van der Waals surface area (Å²) < 4.78 is 11.6. The van der Waals surface area contributed by atoms with Gasteiger partial charge in [0.25, 0.3) is 5.91 Å². The molecule has 2 N–H and O–H groups in total. The maximum atomic E-state index is 12.6. The van der Waals surface area contributed by atoms with Crippen LogP contribution in [0.5, 0.6) is 0 Å². The Balaban J connectivity index is 1.23. The molecule has 1 amide bonds. The minimum absolute atomic E-state index is 0.0861. The summed E-state index contributed by atoms with van der Waals surface area (Å²) in [6.45, 7) is 4.37. The molecule has 5 aromatic rings. The molecule has 0 bridgehead atoms. The highest BCUT2D eigenvalue weighted by Crippen LogP contribution is 2.34. The molecule has 0 fully saturated rings. The molecule has 0 saturated carbocycles. The lowest BCUT2D eigenvalue weighted by molar-refractivity contribution is 0.0951. The first kappa shape index (κ1) is 26.0. The van der Waals surface area contributed by atoms with Gasteiger partial charge in [0.2, 0.25) is 5.89 Å². The molecule has 0 aliphatic heterocycles. The Kier molecular flexibility index (Phi) is 7.51. The van der Waals surface area contributed by atoms with Gasteiger partial charge < -0.3 is 14.2 Å². The number of nitrogens with zero attached hydrogens (tertiary/aromatic N) is 1. The van der Waals surface area contributed by atoms with Gasteiger partial charge in [-0.25, -0.2) is 4.98 Å². The van der Waals surface area contributed by atoms with E-state index in [1.807, 2.05) is 30.3 Å². The van der Waals surface area contributed by atoms with Gasteiger partial charge in [-0.3, -0.25) is 10.1 Å². The number of halogens is 2. The number of anilines is 1. The van der Waals surface area contributed by atoms with Gasteiger partial charge in [-0.05, 0) is 90.8 Å². The quantitative estimate of drug-likeness (QED) is 0.201. The first-order chi connectivity index (χ1) is 18.3. The van der Waals surface area contributed by atoms with E-state index in [1.165, 1.54) is 5.56 Å². The summed E-state index contributed by atoms with van der Waals surface area (Å²) in [4.78, 5) is 17.3. The lowest BCUT2D eigenvalue weighted by Gasteiger charge is -2.09. The van der Waals surface area contributed by atoms with Crippen LogP contribution in [0.4, 0.5) is 5.69 Å². The Morgan fingerprint density at radius 1 is 1.03 bits per heavy atom. The lowest BCUT2D eigenvalue weighted by Crippen LogP contribution is -2.33. The predicted octanol–water partition coefficient (Wildman–Crippen LogP) is 8.70. The minimum Gasteiger partial charge on any atom is -0.451 e. The van der Waals surface area contributed by atoms with E-state index in [9.17, 15) is 4.79 Å². The van der Waals surface area contributed by atoms with Gasteiger partial charge in [0.15, 0.2) is 16.5 Å². The Bertz CT molecular complexity index is 1640. The number of aromatic nitrogens is 1. The molecule has 192 valence electrons. The summed E-state index contributed by atoms with van der Waals surface area (Å²) in [7, 11) is 0. The summed E-state index contributed by atoms with van der Waals surface area (Å²) in [5, 5.41) is 6.49. The molecule has 2 aromatic heterocycles. The van der Waals surface area contributed by atoms with Crippen molar-refractivity contribution in [2.24, 2.45) is 0 Å². The van der Waals surface area contributed by atoms with Crippen LogP contribution in [0.1, 0.15) is 42.3 Å². The molecule has 1 unspecified atom stereocenters. The fourth-order valence-corrected chi connectivity index (χ4v) is 4.54. The third-order valence-electron chi connectivity index (χ3n) is 6.26. The third kappa shape index (κ3) is 5.45. The number of fused-ring (bicyclic) bond motifs is 1. The molecule has 0 aliphatic carbocycles. The molecule has 2 heterocycles. The molecule has 6 nitrogen and oxygen atoms in total. The molecule has 38 heavy (non-hydrogen) atoms. The number of hydrogen-bond acceptors (Lipinski definition) is 5. The van der Waals surface area contributed by atoms with Crippen molar-refractivity contribution in [3.8, 4) is 22.8 Å². The van der Waals surface area contributed by atoms with E-state index in [2.05, 4.69) is 41.6 Å².